The van der Waals surface area contributed by atoms with Crippen molar-refractivity contribution < 1.29 is 4.74 Å². The minimum Gasteiger partial charge on any atom is -0.378 e. The summed E-state index contributed by atoms with van der Waals surface area (Å²) in [5, 5.41) is 9.28. The minimum atomic E-state index is -0.289. The molecule has 2 heterocycles. The number of hydrogen-bond donors (Lipinski definition) is 0. The molecule has 0 radical (unpaired) electrons. The molecular weight excluding hydrogens is 416 g/mol. The van der Waals surface area contributed by atoms with E-state index in [-0.39, 0.29) is 11.2 Å². The van der Waals surface area contributed by atoms with E-state index in [0.717, 1.165) is 40.9 Å². The number of benzene rings is 3. The first-order valence-electron chi connectivity index (χ1n) is 11.0. The highest BCUT2D eigenvalue weighted by Crippen LogP contribution is 2.31. The zero-order valence-corrected chi connectivity index (χ0v) is 18.6. The summed E-state index contributed by atoms with van der Waals surface area (Å²) >= 11 is 0. The van der Waals surface area contributed by atoms with Crippen LogP contribution in [0.4, 0.5) is 11.4 Å². The number of nitrogens with zero attached hydrogens (tertiary/aromatic N) is 4. The van der Waals surface area contributed by atoms with E-state index in [4.69, 9.17) is 9.84 Å². The van der Waals surface area contributed by atoms with Crippen LogP contribution in [-0.4, -0.2) is 36.1 Å². The normalized spacial score (nSPS) is 13.9. The maximum Gasteiger partial charge on any atom is 0.279 e. The van der Waals surface area contributed by atoms with Crippen LogP contribution in [0.5, 0.6) is 0 Å². The summed E-state index contributed by atoms with van der Waals surface area (Å²) < 4.78 is 6.77. The van der Waals surface area contributed by atoms with E-state index in [1.165, 1.54) is 4.68 Å². The molecule has 4 aromatic rings. The van der Waals surface area contributed by atoms with Crippen molar-refractivity contribution in [1.82, 2.24) is 9.78 Å². The van der Waals surface area contributed by atoms with Crippen LogP contribution in [0.2, 0.25) is 0 Å². The SMILES string of the molecule is Cc1cc(C)cc(-c2nn(-c3cc(N4CCOCC4)ccc3N=O)c(=O)c3ccccc23)c1. The summed E-state index contributed by atoms with van der Waals surface area (Å²) in [7, 11) is 0. The van der Waals surface area contributed by atoms with E-state index in [2.05, 4.69) is 28.3 Å². The number of morpholine rings is 1. The summed E-state index contributed by atoms with van der Waals surface area (Å²) in [6.45, 7) is 6.81. The lowest BCUT2D eigenvalue weighted by atomic mass is 10.0. The van der Waals surface area contributed by atoms with E-state index in [0.29, 0.717) is 30.0 Å². The largest absolute Gasteiger partial charge is 0.378 e. The van der Waals surface area contributed by atoms with E-state index in [1.54, 1.807) is 12.1 Å². The molecule has 0 saturated carbocycles. The lowest BCUT2D eigenvalue weighted by Gasteiger charge is -2.29. The summed E-state index contributed by atoms with van der Waals surface area (Å²) in [4.78, 5) is 27.4. The topological polar surface area (TPSA) is 76.8 Å². The van der Waals surface area contributed by atoms with E-state index in [1.807, 2.05) is 44.2 Å². The Morgan fingerprint density at radius 2 is 1.61 bits per heavy atom. The van der Waals surface area contributed by atoms with Crippen LogP contribution >= 0.6 is 0 Å². The summed E-state index contributed by atoms with van der Waals surface area (Å²) in [6, 6.07) is 19.0. The molecule has 0 bridgehead atoms. The van der Waals surface area contributed by atoms with Gasteiger partial charge in [-0.15, -0.1) is 4.91 Å². The third-order valence-corrected chi connectivity index (χ3v) is 5.96. The minimum absolute atomic E-state index is 0.170. The van der Waals surface area contributed by atoms with Gasteiger partial charge in [0.25, 0.3) is 5.56 Å². The molecule has 1 aliphatic heterocycles. The van der Waals surface area contributed by atoms with Crippen molar-refractivity contribution in [2.75, 3.05) is 31.2 Å². The van der Waals surface area contributed by atoms with Gasteiger partial charge in [-0.05, 0) is 55.4 Å². The standard InChI is InChI=1S/C26H24N4O3/c1-17-13-18(2)15-19(14-17)25-21-5-3-4-6-22(21)26(31)30(27-25)24-16-20(7-8-23(24)28-32)29-9-11-33-12-10-29/h3-8,13-16H,9-12H2,1-2H3. The fourth-order valence-corrected chi connectivity index (χ4v) is 4.45. The predicted octanol–water partition coefficient (Wildman–Crippen LogP) is 4.90. The Bertz CT molecular complexity index is 1400. The molecule has 1 fully saturated rings. The van der Waals surface area contributed by atoms with Crippen molar-refractivity contribution in [3.63, 3.8) is 0 Å². The van der Waals surface area contributed by atoms with E-state index < -0.39 is 0 Å². The first-order valence-corrected chi connectivity index (χ1v) is 11.0. The molecule has 0 N–H and O–H groups in total. The Morgan fingerprint density at radius 1 is 0.909 bits per heavy atom. The highest BCUT2D eigenvalue weighted by molar-refractivity contribution is 5.94. The lowest BCUT2D eigenvalue weighted by molar-refractivity contribution is 0.122. The van der Waals surface area contributed by atoms with Gasteiger partial charge in [-0.2, -0.15) is 9.78 Å². The fourth-order valence-electron chi connectivity index (χ4n) is 4.45. The first-order chi connectivity index (χ1) is 16.0. The number of aryl methyl sites for hydroxylation is 2. The Morgan fingerprint density at radius 3 is 2.30 bits per heavy atom. The molecule has 0 aliphatic carbocycles. The number of rotatable bonds is 4. The Kier molecular flexibility index (Phi) is 5.48. The fraction of sp³-hybridized carbons (Fsp3) is 0.231. The first kappa shape index (κ1) is 21.0. The van der Waals surface area contributed by atoms with Crippen LogP contribution in [0.3, 0.4) is 0 Å². The molecular formula is C26H24N4O3. The van der Waals surface area contributed by atoms with Gasteiger partial charge in [-0.3, -0.25) is 4.79 Å². The zero-order chi connectivity index (χ0) is 22.9. The van der Waals surface area contributed by atoms with Crippen molar-refractivity contribution in [3.8, 4) is 16.9 Å². The molecule has 1 aliphatic rings. The average Bonchev–Trinajstić information content (AvgIpc) is 2.84. The van der Waals surface area contributed by atoms with Crippen molar-refractivity contribution in [1.29, 1.82) is 0 Å². The van der Waals surface area contributed by atoms with Gasteiger partial charge in [0, 0.05) is 29.7 Å². The van der Waals surface area contributed by atoms with Gasteiger partial charge in [-0.25, -0.2) is 0 Å². The maximum atomic E-state index is 13.5. The Hall–Kier alpha value is -3.84. The van der Waals surface area contributed by atoms with Crippen LogP contribution in [0.25, 0.3) is 27.7 Å². The summed E-state index contributed by atoms with van der Waals surface area (Å²) in [5.41, 5.74) is 4.97. The number of ether oxygens (including phenoxy) is 1. The van der Waals surface area contributed by atoms with Gasteiger partial charge in [0.05, 0.1) is 24.3 Å². The number of nitroso groups, excluding NO2 is 1. The molecule has 0 amide bonds. The van der Waals surface area contributed by atoms with Crippen molar-refractivity contribution >= 4 is 22.1 Å². The molecule has 5 rings (SSSR count). The number of anilines is 1. The van der Waals surface area contributed by atoms with Crippen LogP contribution in [0.15, 0.2) is 70.6 Å². The predicted molar refractivity (Wildman–Crippen MR) is 131 cm³/mol. The molecule has 33 heavy (non-hydrogen) atoms. The van der Waals surface area contributed by atoms with Crippen molar-refractivity contribution in [2.24, 2.45) is 5.18 Å². The second-order valence-electron chi connectivity index (χ2n) is 8.35. The zero-order valence-electron chi connectivity index (χ0n) is 18.6. The van der Waals surface area contributed by atoms with E-state index in [9.17, 15) is 9.70 Å². The number of aromatic nitrogens is 2. The number of hydrogen-bond acceptors (Lipinski definition) is 6. The third-order valence-electron chi connectivity index (χ3n) is 5.96. The van der Waals surface area contributed by atoms with E-state index >= 15 is 0 Å². The van der Waals surface area contributed by atoms with Gasteiger partial charge in [0.2, 0.25) is 0 Å². The molecule has 1 saturated heterocycles. The highest BCUT2D eigenvalue weighted by atomic mass is 16.5. The molecule has 166 valence electrons. The van der Waals surface area contributed by atoms with Crippen molar-refractivity contribution in [3.05, 3.63) is 87.1 Å². The number of fused-ring (bicyclic) bond motifs is 1. The smallest absolute Gasteiger partial charge is 0.279 e. The van der Waals surface area contributed by atoms with Gasteiger partial charge in [-0.1, -0.05) is 35.4 Å². The second kappa shape index (κ2) is 8.60. The Labute approximate surface area is 191 Å². The lowest BCUT2D eigenvalue weighted by Crippen LogP contribution is -2.36. The third kappa shape index (κ3) is 3.91. The summed E-state index contributed by atoms with van der Waals surface area (Å²) in [6.07, 6.45) is 0. The van der Waals surface area contributed by atoms with Gasteiger partial charge >= 0.3 is 0 Å². The Balaban J connectivity index is 1.78. The van der Waals surface area contributed by atoms with Gasteiger partial charge < -0.3 is 9.64 Å². The average molecular weight is 441 g/mol. The highest BCUT2D eigenvalue weighted by Gasteiger charge is 2.19. The molecule has 0 spiro atoms. The van der Waals surface area contributed by atoms with Gasteiger partial charge in [0.1, 0.15) is 11.4 Å². The molecule has 3 aromatic carbocycles. The maximum absolute atomic E-state index is 13.5. The molecule has 0 unspecified atom stereocenters. The van der Waals surface area contributed by atoms with Crippen molar-refractivity contribution in [2.45, 2.75) is 13.8 Å². The summed E-state index contributed by atoms with van der Waals surface area (Å²) in [5.74, 6) is 0. The molecule has 0 atom stereocenters. The van der Waals surface area contributed by atoms with Crippen LogP contribution < -0.4 is 10.5 Å². The van der Waals surface area contributed by atoms with Gasteiger partial charge in [0.15, 0.2) is 0 Å². The molecule has 7 nitrogen and oxygen atoms in total. The molecule has 1 aromatic heterocycles. The van der Waals surface area contributed by atoms with Crippen LogP contribution in [-0.2, 0) is 4.74 Å². The van der Waals surface area contributed by atoms with Crippen LogP contribution in [0, 0.1) is 18.8 Å². The monoisotopic (exact) mass is 440 g/mol. The van der Waals surface area contributed by atoms with Crippen LogP contribution in [0.1, 0.15) is 11.1 Å². The quantitative estimate of drug-likeness (QED) is 0.422. The second-order valence-corrected chi connectivity index (χ2v) is 8.35. The molecule has 7 heteroatoms.